The molecular weight excluding hydrogens is 415 g/mol. The fourth-order valence-electron chi connectivity index (χ4n) is 4.65. The second kappa shape index (κ2) is 8.11. The maximum atomic E-state index is 15.2. The van der Waals surface area contributed by atoms with Crippen molar-refractivity contribution >= 4 is 26.4 Å². The molecule has 5 nitrogen and oxygen atoms in total. The molecule has 31 heavy (non-hydrogen) atoms. The Kier molecular flexibility index (Phi) is 5.64. The Morgan fingerprint density at radius 3 is 2.32 bits per heavy atom. The first-order chi connectivity index (χ1) is 14.7. The van der Waals surface area contributed by atoms with Crippen LogP contribution in [0.1, 0.15) is 27.2 Å². The molecule has 0 bridgehead atoms. The summed E-state index contributed by atoms with van der Waals surface area (Å²) in [5.41, 5.74) is 0.336. The standard InChI is InChI=1S/C24H27FN2O3S/c1-4-26-15-23(31(29,30)18-8-6-5-7-9-18)24(28)19-11-20(25)22(12-21(19)26)27-13-16(2)10-17(3)14-27/h5-9,11-12,15-17H,4,10,13-14H2,1-3H3/t16-,17-/m0/s1. The fraction of sp³-hybridized carbons (Fsp3) is 0.375. The van der Waals surface area contributed by atoms with Gasteiger partial charge >= 0.3 is 0 Å². The minimum Gasteiger partial charge on any atom is -0.369 e. The number of hydrogen-bond acceptors (Lipinski definition) is 4. The number of sulfone groups is 1. The zero-order valence-electron chi connectivity index (χ0n) is 18.0. The number of anilines is 1. The van der Waals surface area contributed by atoms with E-state index in [9.17, 15) is 13.2 Å². The average Bonchev–Trinajstić information content (AvgIpc) is 2.73. The molecule has 0 saturated carbocycles. The van der Waals surface area contributed by atoms with Crippen molar-refractivity contribution in [3.05, 3.63) is 64.7 Å². The molecule has 0 amide bonds. The molecule has 1 aliphatic heterocycles. The van der Waals surface area contributed by atoms with Crippen molar-refractivity contribution in [3.63, 3.8) is 0 Å². The molecule has 0 spiro atoms. The maximum absolute atomic E-state index is 15.2. The van der Waals surface area contributed by atoms with Crippen molar-refractivity contribution in [2.45, 2.75) is 43.5 Å². The molecule has 1 aromatic heterocycles. The first-order valence-corrected chi connectivity index (χ1v) is 12.1. The summed E-state index contributed by atoms with van der Waals surface area (Å²) in [4.78, 5) is 14.9. The number of fused-ring (bicyclic) bond motifs is 1. The number of aromatic nitrogens is 1. The highest BCUT2D eigenvalue weighted by molar-refractivity contribution is 7.91. The normalized spacial score (nSPS) is 19.7. The molecule has 2 atom stereocenters. The number of hydrogen-bond donors (Lipinski definition) is 0. The van der Waals surface area contributed by atoms with Crippen LogP contribution in [0.3, 0.4) is 0 Å². The van der Waals surface area contributed by atoms with Gasteiger partial charge in [-0.15, -0.1) is 0 Å². The second-order valence-electron chi connectivity index (χ2n) is 8.60. The van der Waals surface area contributed by atoms with Crippen LogP contribution in [0.4, 0.5) is 10.1 Å². The Balaban J connectivity index is 1.91. The highest BCUT2D eigenvalue weighted by Gasteiger charge is 2.27. The predicted molar refractivity (Wildman–Crippen MR) is 121 cm³/mol. The number of piperidine rings is 1. The molecule has 1 fully saturated rings. The van der Waals surface area contributed by atoms with Gasteiger partial charge in [0.15, 0.2) is 0 Å². The Bertz CT molecular complexity index is 1280. The Labute approximate surface area is 182 Å². The minimum absolute atomic E-state index is 0.0440. The fourth-order valence-corrected chi connectivity index (χ4v) is 6.04. The smallest absolute Gasteiger partial charge is 0.211 e. The molecular formula is C24H27FN2O3S. The summed E-state index contributed by atoms with van der Waals surface area (Å²) in [6.45, 7) is 8.14. The van der Waals surface area contributed by atoms with Gasteiger partial charge in [0.1, 0.15) is 10.7 Å². The highest BCUT2D eigenvalue weighted by Crippen LogP contribution is 2.31. The van der Waals surface area contributed by atoms with Crippen LogP contribution >= 0.6 is 0 Å². The van der Waals surface area contributed by atoms with Crippen molar-refractivity contribution in [1.82, 2.24) is 4.57 Å². The van der Waals surface area contributed by atoms with Gasteiger partial charge in [0.25, 0.3) is 0 Å². The molecule has 1 aliphatic rings. The molecule has 0 radical (unpaired) electrons. The maximum Gasteiger partial charge on any atom is 0.211 e. The summed E-state index contributed by atoms with van der Waals surface area (Å²) in [5.74, 6) is 0.402. The molecule has 0 N–H and O–H groups in total. The van der Waals surface area contributed by atoms with Gasteiger partial charge in [0.05, 0.1) is 21.5 Å². The summed E-state index contributed by atoms with van der Waals surface area (Å²) >= 11 is 0. The van der Waals surface area contributed by atoms with Gasteiger partial charge in [-0.2, -0.15) is 0 Å². The number of rotatable bonds is 4. The van der Waals surface area contributed by atoms with Crippen molar-refractivity contribution < 1.29 is 12.8 Å². The topological polar surface area (TPSA) is 59.4 Å². The van der Waals surface area contributed by atoms with Crippen molar-refractivity contribution in [1.29, 1.82) is 0 Å². The monoisotopic (exact) mass is 442 g/mol. The number of benzene rings is 2. The third-order valence-corrected chi connectivity index (χ3v) is 7.77. The van der Waals surface area contributed by atoms with Gasteiger partial charge < -0.3 is 9.47 Å². The summed E-state index contributed by atoms with van der Waals surface area (Å²) in [5, 5.41) is 0.0817. The lowest BCUT2D eigenvalue weighted by molar-refractivity contribution is 0.354. The second-order valence-corrected chi connectivity index (χ2v) is 10.5. The van der Waals surface area contributed by atoms with Gasteiger partial charge in [-0.3, -0.25) is 4.79 Å². The average molecular weight is 443 g/mol. The number of aryl methyl sites for hydroxylation is 1. The first-order valence-electron chi connectivity index (χ1n) is 10.6. The van der Waals surface area contributed by atoms with E-state index in [2.05, 4.69) is 13.8 Å². The van der Waals surface area contributed by atoms with Gasteiger partial charge in [-0.05, 0) is 49.4 Å². The van der Waals surface area contributed by atoms with E-state index in [0.717, 1.165) is 19.5 Å². The van der Waals surface area contributed by atoms with E-state index in [0.29, 0.717) is 29.6 Å². The summed E-state index contributed by atoms with van der Waals surface area (Å²) in [7, 11) is -4.02. The molecule has 0 aliphatic carbocycles. The molecule has 1 saturated heterocycles. The van der Waals surface area contributed by atoms with Gasteiger partial charge in [-0.1, -0.05) is 32.0 Å². The molecule has 0 unspecified atom stereocenters. The zero-order chi connectivity index (χ0) is 22.3. The van der Waals surface area contributed by atoms with Crippen LogP contribution in [0.15, 0.2) is 63.2 Å². The van der Waals surface area contributed by atoms with Gasteiger partial charge in [-0.25, -0.2) is 12.8 Å². The Hall–Kier alpha value is -2.67. The quantitative estimate of drug-likeness (QED) is 0.598. The third-order valence-electron chi connectivity index (χ3n) is 6.01. The van der Waals surface area contributed by atoms with Crippen LogP contribution in [0.2, 0.25) is 0 Å². The summed E-state index contributed by atoms with van der Waals surface area (Å²) in [6.07, 6.45) is 2.49. The van der Waals surface area contributed by atoms with Crippen molar-refractivity contribution in [2.24, 2.45) is 11.8 Å². The van der Waals surface area contributed by atoms with E-state index in [1.54, 1.807) is 28.8 Å². The van der Waals surface area contributed by atoms with Crippen LogP contribution in [0, 0.1) is 17.7 Å². The highest BCUT2D eigenvalue weighted by atomic mass is 32.2. The zero-order valence-corrected chi connectivity index (χ0v) is 18.8. The molecule has 3 aromatic rings. The van der Waals surface area contributed by atoms with Crippen molar-refractivity contribution in [2.75, 3.05) is 18.0 Å². The SMILES string of the molecule is CCn1cc(S(=O)(=O)c2ccccc2)c(=O)c2cc(F)c(N3C[C@@H](C)C[C@H](C)C3)cc21. The number of nitrogens with zero attached hydrogens (tertiary/aromatic N) is 2. The molecule has 4 rings (SSSR count). The largest absolute Gasteiger partial charge is 0.369 e. The van der Waals surface area contributed by atoms with Crippen LogP contribution < -0.4 is 10.3 Å². The van der Waals surface area contributed by atoms with Gasteiger partial charge in [0, 0.05) is 25.8 Å². The van der Waals surface area contributed by atoms with E-state index in [4.69, 9.17) is 0 Å². The van der Waals surface area contributed by atoms with Crippen molar-refractivity contribution in [3.8, 4) is 0 Å². The Morgan fingerprint density at radius 1 is 1.06 bits per heavy atom. The lowest BCUT2D eigenvalue weighted by Gasteiger charge is -2.37. The molecule has 2 heterocycles. The minimum atomic E-state index is -4.02. The number of pyridine rings is 1. The summed E-state index contributed by atoms with van der Waals surface area (Å²) in [6, 6.07) is 10.7. The van der Waals surface area contributed by atoms with E-state index in [-0.39, 0.29) is 15.2 Å². The molecule has 7 heteroatoms. The lowest BCUT2D eigenvalue weighted by Crippen LogP contribution is -2.39. The van der Waals surface area contributed by atoms with Crippen LogP contribution in [0.25, 0.3) is 10.9 Å². The van der Waals surface area contributed by atoms with E-state index in [1.165, 1.54) is 24.4 Å². The first kappa shape index (κ1) is 21.6. The third kappa shape index (κ3) is 3.87. The number of halogens is 1. The molecule has 164 valence electrons. The molecule has 2 aromatic carbocycles. The summed E-state index contributed by atoms with van der Waals surface area (Å²) < 4.78 is 43.1. The van der Waals surface area contributed by atoms with Crippen LogP contribution in [0.5, 0.6) is 0 Å². The van der Waals surface area contributed by atoms with Gasteiger partial charge in [0.2, 0.25) is 15.3 Å². The lowest BCUT2D eigenvalue weighted by atomic mass is 9.91. The van der Waals surface area contributed by atoms with Crippen LogP contribution in [-0.4, -0.2) is 26.1 Å². The van der Waals surface area contributed by atoms with E-state index in [1.807, 2.05) is 11.8 Å². The van der Waals surface area contributed by atoms with Crippen LogP contribution in [-0.2, 0) is 16.4 Å². The van der Waals surface area contributed by atoms with E-state index < -0.39 is 21.1 Å². The predicted octanol–water partition coefficient (Wildman–Crippen LogP) is 4.48. The Morgan fingerprint density at radius 2 is 1.71 bits per heavy atom. The van der Waals surface area contributed by atoms with E-state index >= 15 is 4.39 Å².